The van der Waals surface area contributed by atoms with Crippen molar-refractivity contribution in [2.24, 2.45) is 0 Å². The minimum absolute atomic E-state index is 0.0495. The molecule has 0 bridgehead atoms. The highest BCUT2D eigenvalue weighted by Gasteiger charge is 2.03. The Morgan fingerprint density at radius 2 is 2.04 bits per heavy atom. The van der Waals surface area contributed by atoms with Crippen molar-refractivity contribution in [2.45, 2.75) is 19.8 Å². The Balaban J connectivity index is 1.35. The first kappa shape index (κ1) is 17.6. The predicted molar refractivity (Wildman–Crippen MR) is 100 cm³/mol. The lowest BCUT2D eigenvalue weighted by Crippen LogP contribution is -2.29. The van der Waals surface area contributed by atoms with E-state index in [0.29, 0.717) is 31.1 Å². The summed E-state index contributed by atoms with van der Waals surface area (Å²) in [6.07, 6.45) is 4.74. The van der Waals surface area contributed by atoms with E-state index >= 15 is 0 Å². The highest BCUT2D eigenvalue weighted by Crippen LogP contribution is 2.07. The van der Waals surface area contributed by atoms with Gasteiger partial charge in [-0.15, -0.1) is 10.2 Å². The van der Waals surface area contributed by atoms with Gasteiger partial charge in [0.05, 0.1) is 0 Å². The Morgan fingerprint density at radius 1 is 1.12 bits per heavy atom. The van der Waals surface area contributed by atoms with E-state index in [4.69, 9.17) is 0 Å². The summed E-state index contributed by atoms with van der Waals surface area (Å²) in [5.41, 5.74) is 2.40. The van der Waals surface area contributed by atoms with Crippen molar-refractivity contribution in [3.05, 3.63) is 66.0 Å². The van der Waals surface area contributed by atoms with Crippen LogP contribution in [0.25, 0.3) is 5.82 Å². The van der Waals surface area contributed by atoms with Crippen LogP contribution >= 0.6 is 0 Å². The second-order valence-electron chi connectivity index (χ2n) is 5.99. The molecule has 0 radical (unpaired) electrons. The number of benzene rings is 1. The van der Waals surface area contributed by atoms with Crippen LogP contribution in [-0.2, 0) is 11.2 Å². The molecule has 2 aromatic heterocycles. The van der Waals surface area contributed by atoms with Crippen LogP contribution in [0.1, 0.15) is 17.5 Å². The van der Waals surface area contributed by atoms with Crippen molar-refractivity contribution in [1.29, 1.82) is 0 Å². The molecule has 7 nitrogen and oxygen atoms in total. The smallest absolute Gasteiger partial charge is 0.220 e. The summed E-state index contributed by atoms with van der Waals surface area (Å²) in [7, 11) is 0. The maximum Gasteiger partial charge on any atom is 0.220 e. The van der Waals surface area contributed by atoms with E-state index in [1.807, 2.05) is 36.5 Å². The molecular weight excluding hydrogens is 328 g/mol. The van der Waals surface area contributed by atoms with Gasteiger partial charge >= 0.3 is 0 Å². The molecule has 0 atom stereocenters. The fraction of sp³-hybridized carbons (Fsp3) is 0.263. The molecule has 1 amide bonds. The van der Waals surface area contributed by atoms with Gasteiger partial charge in [-0.25, -0.2) is 4.68 Å². The molecular formula is C19H22N6O. The number of nitrogens with zero attached hydrogens (tertiary/aromatic N) is 4. The third-order valence-electron chi connectivity index (χ3n) is 3.87. The van der Waals surface area contributed by atoms with E-state index < -0.39 is 0 Å². The minimum Gasteiger partial charge on any atom is -0.367 e. The van der Waals surface area contributed by atoms with Crippen LogP contribution in [0.2, 0.25) is 0 Å². The third kappa shape index (κ3) is 5.14. The highest BCUT2D eigenvalue weighted by molar-refractivity contribution is 5.76. The number of hydrogen-bond acceptors (Lipinski definition) is 5. The maximum absolute atomic E-state index is 11.9. The van der Waals surface area contributed by atoms with Crippen molar-refractivity contribution < 1.29 is 4.79 Å². The van der Waals surface area contributed by atoms with Gasteiger partial charge in [0.15, 0.2) is 5.82 Å². The number of rotatable bonds is 8. The summed E-state index contributed by atoms with van der Waals surface area (Å²) in [5.74, 6) is 1.37. The summed E-state index contributed by atoms with van der Waals surface area (Å²) in [6.45, 7) is 3.18. The summed E-state index contributed by atoms with van der Waals surface area (Å²) >= 11 is 0. The number of aromatic nitrogens is 4. The number of anilines is 1. The molecule has 26 heavy (non-hydrogen) atoms. The first-order valence-corrected chi connectivity index (χ1v) is 8.60. The summed E-state index contributed by atoms with van der Waals surface area (Å²) in [5, 5.41) is 18.4. The average Bonchev–Trinajstić information content (AvgIpc) is 3.19. The van der Waals surface area contributed by atoms with Gasteiger partial charge in [0.2, 0.25) is 5.91 Å². The van der Waals surface area contributed by atoms with Crippen LogP contribution in [0.4, 0.5) is 5.82 Å². The van der Waals surface area contributed by atoms with E-state index in [0.717, 1.165) is 6.42 Å². The fourth-order valence-corrected chi connectivity index (χ4v) is 2.55. The molecule has 3 rings (SSSR count). The topological polar surface area (TPSA) is 84.7 Å². The van der Waals surface area contributed by atoms with Crippen molar-refractivity contribution in [2.75, 3.05) is 18.4 Å². The second kappa shape index (κ2) is 8.75. The van der Waals surface area contributed by atoms with Crippen molar-refractivity contribution in [3.63, 3.8) is 0 Å². The van der Waals surface area contributed by atoms with E-state index in [2.05, 4.69) is 45.0 Å². The SMILES string of the molecule is Cc1cccc(CCC(=O)NCCNc2ccc(-n3cccn3)nn2)c1. The van der Waals surface area contributed by atoms with Crippen LogP contribution in [0.3, 0.4) is 0 Å². The molecule has 3 aromatic rings. The average molecular weight is 350 g/mol. The molecule has 0 unspecified atom stereocenters. The maximum atomic E-state index is 11.9. The summed E-state index contributed by atoms with van der Waals surface area (Å²) in [4.78, 5) is 11.9. The Hall–Kier alpha value is -3.22. The molecule has 0 aliphatic carbocycles. The molecule has 2 N–H and O–H groups in total. The second-order valence-corrected chi connectivity index (χ2v) is 5.99. The largest absolute Gasteiger partial charge is 0.367 e. The number of aryl methyl sites for hydroxylation is 2. The van der Waals surface area contributed by atoms with Crippen LogP contribution in [0.15, 0.2) is 54.9 Å². The molecule has 0 aliphatic heterocycles. The highest BCUT2D eigenvalue weighted by atomic mass is 16.1. The zero-order valence-electron chi connectivity index (χ0n) is 14.7. The number of carbonyl (C=O) groups is 1. The van der Waals surface area contributed by atoms with Crippen molar-refractivity contribution in [1.82, 2.24) is 25.3 Å². The van der Waals surface area contributed by atoms with Crippen molar-refractivity contribution in [3.8, 4) is 5.82 Å². The van der Waals surface area contributed by atoms with Gasteiger partial charge in [-0.1, -0.05) is 29.8 Å². The van der Waals surface area contributed by atoms with Gasteiger partial charge in [-0.05, 0) is 37.1 Å². The fourth-order valence-electron chi connectivity index (χ4n) is 2.55. The van der Waals surface area contributed by atoms with Gasteiger partial charge in [-0.3, -0.25) is 4.79 Å². The Kier molecular flexibility index (Phi) is 5.92. The lowest BCUT2D eigenvalue weighted by molar-refractivity contribution is -0.120. The van der Waals surface area contributed by atoms with E-state index in [1.165, 1.54) is 11.1 Å². The monoisotopic (exact) mass is 350 g/mol. The predicted octanol–water partition coefficient (Wildman–Crippen LogP) is 2.13. The first-order valence-electron chi connectivity index (χ1n) is 8.60. The molecule has 7 heteroatoms. The number of amides is 1. The number of nitrogens with one attached hydrogen (secondary N) is 2. The number of carbonyl (C=O) groups excluding carboxylic acids is 1. The molecule has 0 saturated heterocycles. The van der Waals surface area contributed by atoms with E-state index in [1.54, 1.807) is 10.9 Å². The Bertz CT molecular complexity index is 830. The Morgan fingerprint density at radius 3 is 2.77 bits per heavy atom. The lowest BCUT2D eigenvalue weighted by Gasteiger charge is -2.08. The standard InChI is InChI=1S/C19H22N6O/c1-15-4-2-5-16(14-15)6-9-19(26)21-12-11-20-17-7-8-18(24-23-17)25-13-3-10-22-25/h2-5,7-8,10,13-14H,6,9,11-12H2,1H3,(H,20,23)(H,21,26). The zero-order chi connectivity index (χ0) is 18.2. The lowest BCUT2D eigenvalue weighted by atomic mass is 10.1. The van der Waals surface area contributed by atoms with Crippen LogP contribution in [-0.4, -0.2) is 39.0 Å². The molecule has 0 fully saturated rings. The van der Waals surface area contributed by atoms with Crippen molar-refractivity contribution >= 4 is 11.7 Å². The quantitative estimate of drug-likeness (QED) is 0.608. The first-order chi connectivity index (χ1) is 12.7. The van der Waals surface area contributed by atoms with E-state index in [-0.39, 0.29) is 5.91 Å². The molecule has 1 aromatic carbocycles. The zero-order valence-corrected chi connectivity index (χ0v) is 14.7. The molecule has 2 heterocycles. The summed E-state index contributed by atoms with van der Waals surface area (Å²) in [6, 6.07) is 13.7. The molecule has 0 spiro atoms. The van der Waals surface area contributed by atoms with Gasteiger partial charge in [0.25, 0.3) is 0 Å². The molecule has 134 valence electrons. The van der Waals surface area contributed by atoms with Crippen LogP contribution < -0.4 is 10.6 Å². The van der Waals surface area contributed by atoms with Crippen LogP contribution in [0, 0.1) is 6.92 Å². The Labute approximate surface area is 152 Å². The molecule has 0 saturated carbocycles. The number of hydrogen-bond donors (Lipinski definition) is 2. The minimum atomic E-state index is 0.0495. The van der Waals surface area contributed by atoms with Gasteiger partial charge in [0.1, 0.15) is 5.82 Å². The summed E-state index contributed by atoms with van der Waals surface area (Å²) < 4.78 is 1.64. The molecule has 0 aliphatic rings. The normalized spacial score (nSPS) is 10.5. The van der Waals surface area contributed by atoms with Gasteiger partial charge in [-0.2, -0.15) is 5.10 Å². The third-order valence-corrected chi connectivity index (χ3v) is 3.87. The van der Waals surface area contributed by atoms with E-state index in [9.17, 15) is 4.79 Å². The van der Waals surface area contributed by atoms with Gasteiger partial charge in [0, 0.05) is 31.9 Å². The van der Waals surface area contributed by atoms with Crippen LogP contribution in [0.5, 0.6) is 0 Å². The van der Waals surface area contributed by atoms with Gasteiger partial charge < -0.3 is 10.6 Å².